The molecule has 0 aliphatic carbocycles. The molecule has 1 amide bonds. The van der Waals surface area contributed by atoms with E-state index >= 15 is 0 Å². The number of para-hydroxylation sites is 1. The molecule has 2 aromatic carbocycles. The van der Waals surface area contributed by atoms with Gasteiger partial charge in [-0.3, -0.25) is 9.59 Å². The van der Waals surface area contributed by atoms with Crippen LogP contribution in [0.4, 0.5) is 0 Å². The van der Waals surface area contributed by atoms with Crippen LogP contribution < -0.4 is 14.8 Å². The van der Waals surface area contributed by atoms with Crippen molar-refractivity contribution in [3.05, 3.63) is 59.7 Å². The first kappa shape index (κ1) is 19.5. The van der Waals surface area contributed by atoms with Gasteiger partial charge in [-0.25, -0.2) is 0 Å². The lowest BCUT2D eigenvalue weighted by atomic mass is 9.87. The van der Waals surface area contributed by atoms with Crippen molar-refractivity contribution in [2.24, 2.45) is 0 Å². The first-order valence-electron chi connectivity index (χ1n) is 8.57. The lowest BCUT2D eigenvalue weighted by molar-refractivity contribution is -0.123. The molecule has 0 fully saturated rings. The molecule has 138 valence electrons. The van der Waals surface area contributed by atoms with Gasteiger partial charge in [0.05, 0.1) is 12.1 Å². The van der Waals surface area contributed by atoms with Crippen LogP contribution in [-0.4, -0.2) is 32.0 Å². The van der Waals surface area contributed by atoms with E-state index in [0.29, 0.717) is 30.8 Å². The van der Waals surface area contributed by atoms with E-state index in [9.17, 15) is 9.59 Å². The predicted molar refractivity (Wildman–Crippen MR) is 101 cm³/mol. The van der Waals surface area contributed by atoms with Crippen LogP contribution in [0.1, 0.15) is 36.7 Å². The van der Waals surface area contributed by atoms with Crippen LogP contribution in [-0.2, 0) is 10.2 Å². The lowest BCUT2D eigenvalue weighted by Gasteiger charge is -2.19. The number of carbonyl (C=O) groups is 2. The third-order valence-electron chi connectivity index (χ3n) is 3.82. The molecule has 0 heterocycles. The number of carbonyl (C=O) groups excluding carboxylic acids is 2. The quantitative estimate of drug-likeness (QED) is 0.582. The highest BCUT2D eigenvalue weighted by molar-refractivity contribution is 5.80. The first-order valence-corrected chi connectivity index (χ1v) is 8.57. The fraction of sp³-hybridized carbons (Fsp3) is 0.333. The number of ether oxygens (including phenoxy) is 2. The zero-order valence-electron chi connectivity index (χ0n) is 15.5. The Bertz CT molecular complexity index is 732. The van der Waals surface area contributed by atoms with Gasteiger partial charge in [-0.2, -0.15) is 0 Å². The van der Waals surface area contributed by atoms with E-state index in [1.165, 1.54) is 5.56 Å². The summed E-state index contributed by atoms with van der Waals surface area (Å²) in [7, 11) is 0. The van der Waals surface area contributed by atoms with Gasteiger partial charge in [-0.05, 0) is 35.2 Å². The molecule has 0 aliphatic rings. The monoisotopic (exact) mass is 355 g/mol. The molecule has 5 heteroatoms. The summed E-state index contributed by atoms with van der Waals surface area (Å²) in [6.45, 7) is 7.07. The van der Waals surface area contributed by atoms with Gasteiger partial charge in [-0.15, -0.1) is 0 Å². The van der Waals surface area contributed by atoms with Crippen LogP contribution in [0.25, 0.3) is 0 Å². The second kappa shape index (κ2) is 9.04. The summed E-state index contributed by atoms with van der Waals surface area (Å²) < 4.78 is 11.0. The number of amides is 1. The Hall–Kier alpha value is -2.82. The maximum absolute atomic E-state index is 11.8. The van der Waals surface area contributed by atoms with Crippen molar-refractivity contribution in [3.63, 3.8) is 0 Å². The Kier molecular flexibility index (Phi) is 6.78. The Morgan fingerprint density at radius 3 is 2.38 bits per heavy atom. The van der Waals surface area contributed by atoms with E-state index < -0.39 is 0 Å². The molecule has 0 aliphatic heterocycles. The Balaban J connectivity index is 1.69. The average molecular weight is 355 g/mol. The third kappa shape index (κ3) is 5.92. The number of rotatable bonds is 8. The minimum absolute atomic E-state index is 0.106. The topological polar surface area (TPSA) is 64.6 Å². The van der Waals surface area contributed by atoms with E-state index in [2.05, 4.69) is 26.1 Å². The molecule has 0 bridgehead atoms. The Morgan fingerprint density at radius 1 is 1.04 bits per heavy atom. The SMILES string of the molecule is CC(C)(C)c1ccc(OCCNC(=O)COc2ccccc2C=O)cc1. The lowest BCUT2D eigenvalue weighted by Crippen LogP contribution is -2.32. The van der Waals surface area contributed by atoms with Gasteiger partial charge in [0.2, 0.25) is 0 Å². The maximum Gasteiger partial charge on any atom is 0.258 e. The van der Waals surface area contributed by atoms with Gasteiger partial charge in [0.1, 0.15) is 18.1 Å². The number of aldehydes is 1. The van der Waals surface area contributed by atoms with Crippen molar-refractivity contribution in [1.29, 1.82) is 0 Å². The second-order valence-corrected chi connectivity index (χ2v) is 6.92. The largest absolute Gasteiger partial charge is 0.492 e. The summed E-state index contributed by atoms with van der Waals surface area (Å²) >= 11 is 0. The molecule has 0 saturated heterocycles. The van der Waals surface area contributed by atoms with Gasteiger partial charge in [0.25, 0.3) is 5.91 Å². The molecule has 0 aromatic heterocycles. The zero-order valence-corrected chi connectivity index (χ0v) is 15.5. The molecule has 0 spiro atoms. The Morgan fingerprint density at radius 2 is 1.73 bits per heavy atom. The van der Waals surface area contributed by atoms with Crippen LogP contribution >= 0.6 is 0 Å². The molecule has 2 rings (SSSR count). The third-order valence-corrected chi connectivity index (χ3v) is 3.82. The molecule has 0 unspecified atom stereocenters. The smallest absolute Gasteiger partial charge is 0.258 e. The summed E-state index contributed by atoms with van der Waals surface area (Å²) in [5, 5.41) is 2.72. The number of hydrogen-bond donors (Lipinski definition) is 1. The van der Waals surface area contributed by atoms with Crippen molar-refractivity contribution < 1.29 is 19.1 Å². The first-order chi connectivity index (χ1) is 12.4. The fourth-order valence-corrected chi connectivity index (χ4v) is 2.31. The van der Waals surface area contributed by atoms with Crippen LogP contribution in [0.15, 0.2) is 48.5 Å². The van der Waals surface area contributed by atoms with Gasteiger partial charge in [-0.1, -0.05) is 45.0 Å². The molecule has 5 nitrogen and oxygen atoms in total. The van der Waals surface area contributed by atoms with Gasteiger partial charge >= 0.3 is 0 Å². The van der Waals surface area contributed by atoms with E-state index in [4.69, 9.17) is 9.47 Å². The van der Waals surface area contributed by atoms with E-state index in [0.717, 1.165) is 5.75 Å². The number of nitrogens with one attached hydrogen (secondary N) is 1. The van der Waals surface area contributed by atoms with Gasteiger partial charge in [0.15, 0.2) is 12.9 Å². The highest BCUT2D eigenvalue weighted by atomic mass is 16.5. The molecule has 0 atom stereocenters. The molecule has 0 radical (unpaired) electrons. The van der Waals surface area contributed by atoms with Gasteiger partial charge < -0.3 is 14.8 Å². The van der Waals surface area contributed by atoms with Crippen molar-refractivity contribution >= 4 is 12.2 Å². The van der Waals surface area contributed by atoms with Crippen molar-refractivity contribution in [1.82, 2.24) is 5.32 Å². The summed E-state index contributed by atoms with van der Waals surface area (Å²) in [4.78, 5) is 22.7. The zero-order chi connectivity index (χ0) is 19.0. The maximum atomic E-state index is 11.8. The molecule has 0 saturated carbocycles. The Labute approximate surface area is 154 Å². The normalized spacial score (nSPS) is 10.9. The van der Waals surface area contributed by atoms with E-state index in [1.54, 1.807) is 24.3 Å². The van der Waals surface area contributed by atoms with Crippen LogP contribution in [0.2, 0.25) is 0 Å². The highest BCUT2D eigenvalue weighted by Gasteiger charge is 2.13. The van der Waals surface area contributed by atoms with Crippen LogP contribution in [0, 0.1) is 0 Å². The van der Waals surface area contributed by atoms with E-state index in [1.807, 2.05) is 24.3 Å². The van der Waals surface area contributed by atoms with Crippen LogP contribution in [0.5, 0.6) is 11.5 Å². The molecule has 26 heavy (non-hydrogen) atoms. The molecule has 2 aromatic rings. The van der Waals surface area contributed by atoms with Crippen LogP contribution in [0.3, 0.4) is 0 Å². The summed E-state index contributed by atoms with van der Waals surface area (Å²) in [5.74, 6) is 0.897. The summed E-state index contributed by atoms with van der Waals surface area (Å²) in [6.07, 6.45) is 0.700. The number of benzene rings is 2. The molecular weight excluding hydrogens is 330 g/mol. The fourth-order valence-electron chi connectivity index (χ4n) is 2.31. The second-order valence-electron chi connectivity index (χ2n) is 6.92. The van der Waals surface area contributed by atoms with Gasteiger partial charge in [0, 0.05) is 0 Å². The van der Waals surface area contributed by atoms with E-state index in [-0.39, 0.29) is 17.9 Å². The average Bonchev–Trinajstić information content (AvgIpc) is 2.63. The summed E-state index contributed by atoms with van der Waals surface area (Å²) in [6, 6.07) is 14.7. The standard InChI is InChI=1S/C21H25NO4/c1-21(2,3)17-8-10-18(11-9-17)25-13-12-22-20(24)15-26-19-7-5-4-6-16(19)14-23/h4-11,14H,12-13,15H2,1-3H3,(H,22,24). The minimum Gasteiger partial charge on any atom is -0.492 e. The summed E-state index contributed by atoms with van der Waals surface area (Å²) in [5.41, 5.74) is 1.77. The van der Waals surface area contributed by atoms with Crippen molar-refractivity contribution in [2.45, 2.75) is 26.2 Å². The minimum atomic E-state index is -0.266. The molecule has 1 N–H and O–H groups in total. The predicted octanol–water partition coefficient (Wildman–Crippen LogP) is 3.37. The number of hydrogen-bond acceptors (Lipinski definition) is 4. The highest BCUT2D eigenvalue weighted by Crippen LogP contribution is 2.24. The van der Waals surface area contributed by atoms with Crippen molar-refractivity contribution in [3.8, 4) is 11.5 Å². The molecular formula is C21H25NO4. The van der Waals surface area contributed by atoms with Crippen molar-refractivity contribution in [2.75, 3.05) is 19.8 Å².